The Kier molecular flexibility index (Phi) is 13.5. The highest BCUT2D eigenvalue weighted by molar-refractivity contribution is 5.99. The largest absolute Gasteiger partial charge is 0.508 e. The molecule has 248 valence electrons. The third-order valence-corrected chi connectivity index (χ3v) is 7.51. The van der Waals surface area contributed by atoms with Crippen LogP contribution in [0.5, 0.6) is 11.5 Å². The lowest BCUT2D eigenvalue weighted by atomic mass is 9.98. The van der Waals surface area contributed by atoms with E-state index in [9.17, 15) is 19.5 Å². The molecule has 0 aliphatic carbocycles. The van der Waals surface area contributed by atoms with Gasteiger partial charge in [-0.25, -0.2) is 4.79 Å². The van der Waals surface area contributed by atoms with Crippen molar-refractivity contribution in [1.82, 2.24) is 10.2 Å². The Hall–Kier alpha value is -4.53. The van der Waals surface area contributed by atoms with E-state index in [0.717, 1.165) is 31.2 Å². The number of carbonyl (C=O) groups is 3. The number of ether oxygens (including phenoxy) is 2. The van der Waals surface area contributed by atoms with Crippen LogP contribution in [0, 0.1) is 6.92 Å². The van der Waals surface area contributed by atoms with Crippen molar-refractivity contribution >= 4 is 23.6 Å². The van der Waals surface area contributed by atoms with Crippen LogP contribution in [0.1, 0.15) is 82.5 Å². The van der Waals surface area contributed by atoms with E-state index in [4.69, 9.17) is 9.47 Å². The highest BCUT2D eigenvalue weighted by Crippen LogP contribution is 2.29. The van der Waals surface area contributed by atoms with E-state index in [1.54, 1.807) is 76.1 Å². The minimum absolute atomic E-state index is 0.0871. The molecular formula is C37H49N3O6. The maximum atomic E-state index is 14.7. The van der Waals surface area contributed by atoms with Gasteiger partial charge in [-0.2, -0.15) is 0 Å². The molecule has 0 aliphatic heterocycles. The van der Waals surface area contributed by atoms with Crippen LogP contribution >= 0.6 is 0 Å². The van der Waals surface area contributed by atoms with Crippen molar-refractivity contribution in [3.8, 4) is 11.5 Å². The van der Waals surface area contributed by atoms with Gasteiger partial charge in [0, 0.05) is 18.7 Å². The zero-order chi connectivity index (χ0) is 33.7. The highest BCUT2D eigenvalue weighted by atomic mass is 16.6. The van der Waals surface area contributed by atoms with E-state index in [0.29, 0.717) is 29.0 Å². The lowest BCUT2D eigenvalue weighted by Gasteiger charge is -2.35. The zero-order valence-electron chi connectivity index (χ0n) is 28.0. The number of alkyl carbamates (subject to hydrolysis) is 1. The summed E-state index contributed by atoms with van der Waals surface area (Å²) in [6, 6.07) is 19.2. The number of hydrogen-bond donors (Lipinski definition) is 3. The molecule has 0 aromatic heterocycles. The Morgan fingerprint density at radius 1 is 0.913 bits per heavy atom. The molecule has 0 fully saturated rings. The van der Waals surface area contributed by atoms with E-state index in [1.807, 2.05) is 30.3 Å². The summed E-state index contributed by atoms with van der Waals surface area (Å²) in [7, 11) is 1.57. The number of aromatic hydroxyl groups is 1. The number of benzene rings is 3. The van der Waals surface area contributed by atoms with Gasteiger partial charge in [-0.15, -0.1) is 0 Å². The minimum Gasteiger partial charge on any atom is -0.508 e. The molecular weight excluding hydrogens is 582 g/mol. The van der Waals surface area contributed by atoms with Gasteiger partial charge in [0.25, 0.3) is 5.91 Å². The summed E-state index contributed by atoms with van der Waals surface area (Å²) in [4.78, 5) is 43.5. The van der Waals surface area contributed by atoms with E-state index in [-0.39, 0.29) is 18.7 Å². The molecule has 0 bridgehead atoms. The second-order valence-electron chi connectivity index (χ2n) is 12.5. The SMILES string of the molecule is CCCCCCCN(C(=O)C(Cc1ccccc1)NC(=O)OC(C)(C)C)C(C(=O)Nc1ccc(OC)cc1)c1ccc(O)c(C)c1. The van der Waals surface area contributed by atoms with Crippen molar-refractivity contribution in [3.63, 3.8) is 0 Å². The molecule has 46 heavy (non-hydrogen) atoms. The first-order valence-corrected chi connectivity index (χ1v) is 16.0. The first-order chi connectivity index (χ1) is 21.9. The van der Waals surface area contributed by atoms with Gasteiger partial charge in [-0.3, -0.25) is 9.59 Å². The number of rotatable bonds is 15. The molecule has 0 aliphatic rings. The number of unbranched alkanes of at least 4 members (excludes halogenated alkanes) is 4. The lowest BCUT2D eigenvalue weighted by Crippen LogP contribution is -2.53. The summed E-state index contributed by atoms with van der Waals surface area (Å²) in [5.41, 5.74) is 1.73. The maximum absolute atomic E-state index is 14.7. The Morgan fingerprint density at radius 2 is 1.59 bits per heavy atom. The van der Waals surface area contributed by atoms with Crippen molar-refractivity contribution in [2.24, 2.45) is 0 Å². The van der Waals surface area contributed by atoms with Crippen molar-refractivity contribution in [3.05, 3.63) is 89.5 Å². The first kappa shape index (κ1) is 35.9. The number of phenols is 1. The van der Waals surface area contributed by atoms with Crippen LogP contribution in [0.25, 0.3) is 0 Å². The average molecular weight is 632 g/mol. The van der Waals surface area contributed by atoms with Crippen LogP contribution in [0.4, 0.5) is 10.5 Å². The summed E-state index contributed by atoms with van der Waals surface area (Å²) < 4.78 is 10.8. The fourth-order valence-corrected chi connectivity index (χ4v) is 5.16. The van der Waals surface area contributed by atoms with Crippen LogP contribution < -0.4 is 15.4 Å². The van der Waals surface area contributed by atoms with Crippen LogP contribution in [0.3, 0.4) is 0 Å². The Labute approximate surface area is 273 Å². The summed E-state index contributed by atoms with van der Waals surface area (Å²) in [5.74, 6) is -0.104. The monoisotopic (exact) mass is 631 g/mol. The first-order valence-electron chi connectivity index (χ1n) is 16.0. The van der Waals surface area contributed by atoms with Crippen LogP contribution in [-0.2, 0) is 20.7 Å². The minimum atomic E-state index is -1.06. The third-order valence-electron chi connectivity index (χ3n) is 7.51. The fraction of sp³-hybridized carbons (Fsp3) is 0.432. The van der Waals surface area contributed by atoms with Crippen LogP contribution in [-0.4, -0.2) is 53.2 Å². The smallest absolute Gasteiger partial charge is 0.408 e. The fourth-order valence-electron chi connectivity index (χ4n) is 5.16. The van der Waals surface area contributed by atoms with Gasteiger partial charge in [-0.05, 0) is 87.2 Å². The average Bonchev–Trinajstić information content (AvgIpc) is 3.01. The molecule has 0 heterocycles. The van der Waals surface area contributed by atoms with Crippen molar-refractivity contribution < 1.29 is 29.0 Å². The molecule has 9 heteroatoms. The Bertz CT molecular complexity index is 1420. The van der Waals surface area contributed by atoms with Gasteiger partial charge in [-0.1, -0.05) is 69.0 Å². The van der Waals surface area contributed by atoms with Gasteiger partial charge in [0.05, 0.1) is 7.11 Å². The van der Waals surface area contributed by atoms with E-state index in [1.165, 1.54) is 6.07 Å². The summed E-state index contributed by atoms with van der Waals surface area (Å²) >= 11 is 0. The second-order valence-corrected chi connectivity index (χ2v) is 12.5. The molecule has 3 aromatic carbocycles. The van der Waals surface area contributed by atoms with Gasteiger partial charge < -0.3 is 30.1 Å². The van der Waals surface area contributed by atoms with Gasteiger partial charge in [0.2, 0.25) is 5.91 Å². The van der Waals surface area contributed by atoms with Crippen molar-refractivity contribution in [2.45, 2.75) is 90.8 Å². The van der Waals surface area contributed by atoms with Crippen LogP contribution in [0.15, 0.2) is 72.8 Å². The molecule has 3 amide bonds. The molecule has 0 spiro atoms. The normalized spacial score (nSPS) is 12.5. The standard InChI is InChI=1S/C37H49N3O6/c1-7-8-9-10-14-23-40(35(43)31(25-27-15-12-11-13-16-27)39-36(44)46-37(3,4)5)33(28-17-22-32(41)26(2)24-28)34(42)38-29-18-20-30(45-6)21-19-29/h11-13,15-22,24,31,33,41H,7-10,14,23,25H2,1-6H3,(H,38,42)(H,39,44). The van der Waals surface area contributed by atoms with E-state index >= 15 is 0 Å². The predicted octanol–water partition coefficient (Wildman–Crippen LogP) is 7.32. The number of methoxy groups -OCH3 is 1. The number of amides is 3. The molecule has 3 aromatic rings. The quantitative estimate of drug-likeness (QED) is 0.151. The molecule has 0 saturated heterocycles. The van der Waals surface area contributed by atoms with Gasteiger partial charge in [0.15, 0.2) is 0 Å². The molecule has 0 radical (unpaired) electrons. The zero-order valence-corrected chi connectivity index (χ0v) is 28.0. The van der Waals surface area contributed by atoms with Crippen LogP contribution in [0.2, 0.25) is 0 Å². The van der Waals surface area contributed by atoms with E-state index < -0.39 is 35.6 Å². The number of carbonyl (C=O) groups excluding carboxylic acids is 3. The summed E-state index contributed by atoms with van der Waals surface area (Å²) in [6.07, 6.45) is 4.17. The predicted molar refractivity (Wildman–Crippen MR) is 181 cm³/mol. The molecule has 3 N–H and O–H groups in total. The van der Waals surface area contributed by atoms with E-state index in [2.05, 4.69) is 17.6 Å². The second kappa shape index (κ2) is 17.2. The molecule has 9 nitrogen and oxygen atoms in total. The highest BCUT2D eigenvalue weighted by Gasteiger charge is 2.36. The summed E-state index contributed by atoms with van der Waals surface area (Å²) in [6.45, 7) is 9.45. The molecule has 0 saturated carbocycles. The Morgan fingerprint density at radius 3 is 2.20 bits per heavy atom. The number of nitrogens with one attached hydrogen (secondary N) is 2. The topological polar surface area (TPSA) is 117 Å². The Balaban J connectivity index is 2.07. The molecule has 2 unspecified atom stereocenters. The number of hydrogen-bond acceptors (Lipinski definition) is 6. The maximum Gasteiger partial charge on any atom is 0.408 e. The number of phenolic OH excluding ortho intramolecular Hbond substituents is 1. The molecule has 3 rings (SSSR count). The number of nitrogens with zero attached hydrogens (tertiary/aromatic N) is 1. The van der Waals surface area contributed by atoms with Crippen molar-refractivity contribution in [1.29, 1.82) is 0 Å². The molecule has 2 atom stereocenters. The third kappa shape index (κ3) is 11.1. The van der Waals surface area contributed by atoms with Crippen molar-refractivity contribution in [2.75, 3.05) is 19.0 Å². The lowest BCUT2D eigenvalue weighted by molar-refractivity contribution is -0.140. The summed E-state index contributed by atoms with van der Waals surface area (Å²) in [5, 5.41) is 16.1. The number of anilines is 1. The van der Waals surface area contributed by atoms with Gasteiger partial charge in [0.1, 0.15) is 29.2 Å². The number of aryl methyl sites for hydroxylation is 1. The van der Waals surface area contributed by atoms with Gasteiger partial charge >= 0.3 is 6.09 Å².